The van der Waals surface area contributed by atoms with Crippen molar-refractivity contribution in [3.8, 4) is 0 Å². The third-order valence-electron chi connectivity index (χ3n) is 5.51. The van der Waals surface area contributed by atoms with Gasteiger partial charge in [0, 0.05) is 6.54 Å². The average molecular weight is 475 g/mol. The van der Waals surface area contributed by atoms with E-state index in [4.69, 9.17) is 4.42 Å². The fourth-order valence-corrected chi connectivity index (χ4v) is 6.52. The molecule has 4 rings (SSSR count). The van der Waals surface area contributed by atoms with Crippen LogP contribution in [-0.4, -0.2) is 41.4 Å². The van der Waals surface area contributed by atoms with Gasteiger partial charge in [-0.3, -0.25) is 10.1 Å². The summed E-state index contributed by atoms with van der Waals surface area (Å²) in [6, 6.07) is 10.6. The Morgan fingerprint density at radius 2 is 2.00 bits per heavy atom. The van der Waals surface area contributed by atoms with Crippen LogP contribution < -0.4 is 5.32 Å². The van der Waals surface area contributed by atoms with Crippen molar-refractivity contribution < 1.29 is 17.6 Å². The van der Waals surface area contributed by atoms with Gasteiger partial charge in [-0.2, -0.15) is 4.31 Å². The van der Waals surface area contributed by atoms with E-state index in [0.717, 1.165) is 23.3 Å². The van der Waals surface area contributed by atoms with E-state index >= 15 is 0 Å². The Labute approximate surface area is 191 Å². The molecule has 2 aromatic heterocycles. The van der Waals surface area contributed by atoms with Gasteiger partial charge in [0.05, 0.1) is 6.42 Å². The van der Waals surface area contributed by atoms with Gasteiger partial charge in [-0.1, -0.05) is 55.7 Å². The first-order valence-electron chi connectivity index (χ1n) is 10.6. The van der Waals surface area contributed by atoms with Crippen molar-refractivity contribution in [2.24, 2.45) is 0 Å². The first-order chi connectivity index (χ1) is 15.3. The summed E-state index contributed by atoms with van der Waals surface area (Å²) in [7, 11) is -3.73. The van der Waals surface area contributed by atoms with Gasteiger partial charge in [0.1, 0.15) is 10.3 Å². The molecule has 1 amide bonds. The highest BCUT2D eigenvalue weighted by molar-refractivity contribution is 7.91. The standard InChI is InChI=1S/C22H26N4O4S2/c1-15(2)17-10-8-16(9-11-17)14-19-24-25-22(30-19)23-21(27)18-6-3-4-12-26(18)32(28,29)20-7-5-13-31-20/h5,7-11,13,15,18H,3-4,6,12,14H2,1-2H3,(H,23,25,27). The number of thiophene rings is 1. The number of anilines is 1. The molecule has 1 saturated heterocycles. The molecule has 1 fully saturated rings. The fraction of sp³-hybridized carbons (Fsp3) is 0.409. The molecule has 0 saturated carbocycles. The van der Waals surface area contributed by atoms with Gasteiger partial charge in [0.25, 0.3) is 10.0 Å². The smallest absolute Gasteiger partial charge is 0.322 e. The number of carbonyl (C=O) groups excluding carboxylic acids is 1. The highest BCUT2D eigenvalue weighted by atomic mass is 32.2. The molecule has 3 aromatic rings. The summed E-state index contributed by atoms with van der Waals surface area (Å²) in [6.07, 6.45) is 2.38. The van der Waals surface area contributed by atoms with Crippen molar-refractivity contribution in [2.45, 2.75) is 55.7 Å². The van der Waals surface area contributed by atoms with E-state index in [-0.39, 0.29) is 10.2 Å². The number of rotatable bonds is 7. The van der Waals surface area contributed by atoms with Crippen molar-refractivity contribution in [2.75, 3.05) is 11.9 Å². The van der Waals surface area contributed by atoms with Crippen LogP contribution >= 0.6 is 11.3 Å². The number of carbonyl (C=O) groups is 1. The van der Waals surface area contributed by atoms with E-state index in [1.165, 1.54) is 9.87 Å². The lowest BCUT2D eigenvalue weighted by atomic mass is 10.0. The number of aromatic nitrogens is 2. The van der Waals surface area contributed by atoms with E-state index in [1.807, 2.05) is 12.1 Å². The number of nitrogens with zero attached hydrogens (tertiary/aromatic N) is 3. The molecule has 1 aliphatic heterocycles. The largest absolute Gasteiger partial charge is 0.407 e. The molecule has 8 nitrogen and oxygen atoms in total. The Hall–Kier alpha value is -2.56. The molecule has 0 radical (unpaired) electrons. The molecule has 1 atom stereocenters. The number of benzene rings is 1. The molecular weight excluding hydrogens is 448 g/mol. The van der Waals surface area contributed by atoms with E-state index in [1.54, 1.807) is 17.5 Å². The van der Waals surface area contributed by atoms with Crippen LogP contribution in [0.4, 0.5) is 6.01 Å². The van der Waals surface area contributed by atoms with Gasteiger partial charge in [-0.05, 0) is 41.3 Å². The molecule has 32 heavy (non-hydrogen) atoms. The van der Waals surface area contributed by atoms with Gasteiger partial charge in [-0.25, -0.2) is 8.42 Å². The highest BCUT2D eigenvalue weighted by Gasteiger charge is 2.38. The van der Waals surface area contributed by atoms with Crippen LogP contribution in [0.3, 0.4) is 0 Å². The van der Waals surface area contributed by atoms with Gasteiger partial charge < -0.3 is 4.42 Å². The summed E-state index contributed by atoms with van der Waals surface area (Å²) in [4.78, 5) is 12.9. The second-order valence-corrected chi connectivity index (χ2v) is 11.2. The Kier molecular flexibility index (Phi) is 6.73. The fourth-order valence-electron chi connectivity index (χ4n) is 3.74. The van der Waals surface area contributed by atoms with Crippen molar-refractivity contribution in [3.63, 3.8) is 0 Å². The maximum Gasteiger partial charge on any atom is 0.322 e. The van der Waals surface area contributed by atoms with Crippen molar-refractivity contribution in [3.05, 3.63) is 58.8 Å². The third-order valence-corrected chi connectivity index (χ3v) is 8.79. The zero-order valence-corrected chi connectivity index (χ0v) is 19.7. The van der Waals surface area contributed by atoms with E-state index in [0.29, 0.717) is 37.6 Å². The van der Waals surface area contributed by atoms with Crippen molar-refractivity contribution in [1.29, 1.82) is 0 Å². The average Bonchev–Trinajstić information content (AvgIpc) is 3.47. The van der Waals surface area contributed by atoms with Gasteiger partial charge in [0.2, 0.25) is 11.8 Å². The monoisotopic (exact) mass is 474 g/mol. The highest BCUT2D eigenvalue weighted by Crippen LogP contribution is 2.28. The Morgan fingerprint density at radius 1 is 1.22 bits per heavy atom. The second kappa shape index (κ2) is 9.51. The Balaban J connectivity index is 1.43. The molecule has 0 aliphatic carbocycles. The molecule has 1 N–H and O–H groups in total. The number of piperidine rings is 1. The van der Waals surface area contributed by atoms with Crippen LogP contribution in [0.15, 0.2) is 50.4 Å². The molecule has 1 unspecified atom stereocenters. The third kappa shape index (κ3) is 4.92. The minimum Gasteiger partial charge on any atom is -0.407 e. The Bertz CT molecular complexity index is 1160. The first kappa shape index (κ1) is 22.6. The van der Waals surface area contributed by atoms with Crippen LogP contribution in [0, 0.1) is 0 Å². The molecule has 170 valence electrons. The zero-order valence-electron chi connectivity index (χ0n) is 18.0. The summed E-state index contributed by atoms with van der Waals surface area (Å²) in [5.41, 5.74) is 2.28. The van der Waals surface area contributed by atoms with Gasteiger partial charge >= 0.3 is 6.01 Å². The van der Waals surface area contributed by atoms with Crippen LogP contribution in [-0.2, 0) is 21.2 Å². The number of sulfonamides is 1. The van der Waals surface area contributed by atoms with Crippen LogP contribution in [0.2, 0.25) is 0 Å². The quantitative estimate of drug-likeness (QED) is 0.554. The SMILES string of the molecule is CC(C)c1ccc(Cc2nnc(NC(=O)C3CCCCN3S(=O)(=O)c3cccs3)o2)cc1. The van der Waals surface area contributed by atoms with Crippen LogP contribution in [0.1, 0.15) is 56.0 Å². The summed E-state index contributed by atoms with van der Waals surface area (Å²) in [6.45, 7) is 4.59. The molecular formula is C22H26N4O4S2. The molecule has 3 heterocycles. The molecule has 0 spiro atoms. The van der Waals surface area contributed by atoms with Crippen molar-refractivity contribution >= 4 is 33.3 Å². The van der Waals surface area contributed by atoms with Crippen molar-refractivity contribution in [1.82, 2.24) is 14.5 Å². The van der Waals surface area contributed by atoms with Gasteiger partial charge in [0.15, 0.2) is 0 Å². The molecule has 0 bridgehead atoms. The molecule has 1 aliphatic rings. The number of nitrogens with one attached hydrogen (secondary N) is 1. The lowest BCUT2D eigenvalue weighted by Gasteiger charge is -2.32. The van der Waals surface area contributed by atoms with Crippen LogP contribution in [0.25, 0.3) is 0 Å². The number of hydrogen-bond donors (Lipinski definition) is 1. The lowest BCUT2D eigenvalue weighted by molar-refractivity contribution is -0.120. The maximum atomic E-state index is 13.0. The van der Waals surface area contributed by atoms with E-state index in [2.05, 4.69) is 41.5 Å². The predicted molar refractivity (Wildman–Crippen MR) is 122 cm³/mol. The Morgan fingerprint density at radius 3 is 2.69 bits per heavy atom. The first-order valence-corrected chi connectivity index (χ1v) is 12.9. The summed E-state index contributed by atoms with van der Waals surface area (Å²) in [5.74, 6) is 0.378. The zero-order chi connectivity index (χ0) is 22.7. The summed E-state index contributed by atoms with van der Waals surface area (Å²) < 4.78 is 33.1. The van der Waals surface area contributed by atoms with Gasteiger partial charge in [-0.15, -0.1) is 16.4 Å². The minimum atomic E-state index is -3.73. The number of amides is 1. The summed E-state index contributed by atoms with van der Waals surface area (Å²) in [5, 5.41) is 12.2. The van der Waals surface area contributed by atoms with Crippen LogP contribution in [0.5, 0.6) is 0 Å². The second-order valence-electron chi connectivity index (χ2n) is 8.12. The molecule has 10 heteroatoms. The minimum absolute atomic E-state index is 0.0251. The topological polar surface area (TPSA) is 105 Å². The lowest BCUT2D eigenvalue weighted by Crippen LogP contribution is -2.49. The molecule has 1 aromatic carbocycles. The number of hydrogen-bond acceptors (Lipinski definition) is 7. The van der Waals surface area contributed by atoms with E-state index < -0.39 is 22.0 Å². The maximum absolute atomic E-state index is 13.0. The predicted octanol–water partition coefficient (Wildman–Crippen LogP) is 4.03. The van der Waals surface area contributed by atoms with E-state index in [9.17, 15) is 13.2 Å². The summed E-state index contributed by atoms with van der Waals surface area (Å²) >= 11 is 1.15. The normalized spacial score (nSPS) is 17.5.